The maximum Gasteiger partial charge on any atom is 0.278 e. The molecular formula is C17H19N5O4. The minimum Gasteiger partial charge on any atom is -0.466 e. The van der Waals surface area contributed by atoms with Gasteiger partial charge in [-0.15, -0.1) is 0 Å². The van der Waals surface area contributed by atoms with Crippen molar-refractivity contribution in [2.24, 2.45) is 5.73 Å². The Labute approximate surface area is 149 Å². The zero-order valence-electron chi connectivity index (χ0n) is 14.6. The Morgan fingerprint density at radius 3 is 2.81 bits per heavy atom. The van der Waals surface area contributed by atoms with Gasteiger partial charge in [0.2, 0.25) is 0 Å². The Morgan fingerprint density at radius 2 is 2.15 bits per heavy atom. The van der Waals surface area contributed by atoms with Crippen molar-refractivity contribution in [1.82, 2.24) is 9.78 Å². The van der Waals surface area contributed by atoms with Crippen LogP contribution < -0.4 is 21.1 Å². The third-order valence-electron chi connectivity index (χ3n) is 4.13. The first-order chi connectivity index (χ1) is 12.2. The number of carbonyl (C=O) groups is 3. The van der Waals surface area contributed by atoms with Crippen molar-refractivity contribution in [3.8, 4) is 5.75 Å². The summed E-state index contributed by atoms with van der Waals surface area (Å²) < 4.78 is 7.14. The summed E-state index contributed by atoms with van der Waals surface area (Å²) in [7, 11) is 0. The van der Waals surface area contributed by atoms with E-state index in [1.807, 2.05) is 19.9 Å². The number of rotatable bonds is 4. The fourth-order valence-corrected chi connectivity index (χ4v) is 2.59. The number of nitrogens with two attached hydrogens (primary N) is 1. The van der Waals surface area contributed by atoms with Crippen LogP contribution in [-0.2, 0) is 16.1 Å². The second-order valence-corrected chi connectivity index (χ2v) is 6.15. The monoisotopic (exact) mass is 357 g/mol. The Bertz CT molecular complexity index is 920. The first kappa shape index (κ1) is 17.5. The molecule has 136 valence electrons. The highest BCUT2D eigenvalue weighted by atomic mass is 16.5. The van der Waals surface area contributed by atoms with Gasteiger partial charge in [-0.25, -0.2) is 0 Å². The van der Waals surface area contributed by atoms with Gasteiger partial charge < -0.3 is 21.1 Å². The Morgan fingerprint density at radius 1 is 1.42 bits per heavy atom. The Kier molecular flexibility index (Phi) is 4.15. The Hall–Kier alpha value is -3.36. The first-order valence-electron chi connectivity index (χ1n) is 8.04. The fourth-order valence-electron chi connectivity index (χ4n) is 2.59. The highest BCUT2D eigenvalue weighted by Gasteiger charge is 2.47. The number of amides is 3. The second kappa shape index (κ2) is 6.17. The van der Waals surface area contributed by atoms with Crippen LogP contribution in [0.3, 0.4) is 0 Å². The lowest BCUT2D eigenvalue weighted by molar-refractivity contribution is -0.143. The predicted molar refractivity (Wildman–Crippen MR) is 93.9 cm³/mol. The molecule has 0 radical (unpaired) electrons. The molecule has 0 spiro atoms. The highest BCUT2D eigenvalue weighted by molar-refractivity contribution is 6.19. The molecule has 2 aromatic rings. The summed E-state index contributed by atoms with van der Waals surface area (Å²) in [6.07, 6.45) is 1.47. The lowest BCUT2D eigenvalue weighted by atomic mass is 10.0. The number of primary amides is 1. The van der Waals surface area contributed by atoms with E-state index in [1.54, 1.807) is 12.1 Å². The normalized spacial score (nSPS) is 18.5. The van der Waals surface area contributed by atoms with E-state index in [0.29, 0.717) is 18.0 Å². The van der Waals surface area contributed by atoms with Gasteiger partial charge in [-0.3, -0.25) is 19.1 Å². The number of anilines is 2. The molecule has 26 heavy (non-hydrogen) atoms. The summed E-state index contributed by atoms with van der Waals surface area (Å²) in [5.74, 6) is -1.75. The number of ether oxygens (including phenoxy) is 1. The SMILES string of the molecule is CCn1cc(NC(=O)C2(C)Oc3ccc(C)cc3NC2=O)c(C(N)=O)n1. The molecule has 0 saturated carbocycles. The molecule has 1 unspecified atom stereocenters. The zero-order valence-corrected chi connectivity index (χ0v) is 14.6. The lowest BCUT2D eigenvalue weighted by Crippen LogP contribution is -2.56. The standard InChI is InChI=1S/C17H19N5O4/c1-4-22-8-11(13(21-22)14(18)23)20-16(25)17(3)15(24)19-10-7-9(2)5-6-12(10)26-17/h5-8H,4H2,1-3H3,(H2,18,23)(H,19,24)(H,20,25). The minimum absolute atomic E-state index is 0.0870. The maximum atomic E-state index is 12.8. The third kappa shape index (κ3) is 2.87. The van der Waals surface area contributed by atoms with E-state index in [-0.39, 0.29) is 11.4 Å². The molecule has 0 bridgehead atoms. The summed E-state index contributed by atoms with van der Waals surface area (Å²) in [5, 5.41) is 9.19. The number of aromatic nitrogens is 2. The molecule has 1 aliphatic heterocycles. The summed E-state index contributed by atoms with van der Waals surface area (Å²) in [4.78, 5) is 36.8. The van der Waals surface area contributed by atoms with E-state index in [2.05, 4.69) is 15.7 Å². The molecule has 0 fully saturated rings. The average molecular weight is 357 g/mol. The molecule has 1 aromatic carbocycles. The van der Waals surface area contributed by atoms with Gasteiger partial charge in [0.1, 0.15) is 5.75 Å². The van der Waals surface area contributed by atoms with E-state index in [4.69, 9.17) is 10.5 Å². The maximum absolute atomic E-state index is 12.8. The van der Waals surface area contributed by atoms with Crippen molar-refractivity contribution < 1.29 is 19.1 Å². The predicted octanol–water partition coefficient (Wildman–Crippen LogP) is 1.04. The molecule has 4 N–H and O–H groups in total. The molecule has 9 nitrogen and oxygen atoms in total. The number of hydrogen-bond donors (Lipinski definition) is 3. The molecule has 3 rings (SSSR count). The number of benzene rings is 1. The molecule has 9 heteroatoms. The van der Waals surface area contributed by atoms with Gasteiger partial charge in [-0.1, -0.05) is 6.07 Å². The number of hydrogen-bond acceptors (Lipinski definition) is 5. The van der Waals surface area contributed by atoms with Gasteiger partial charge in [0.05, 0.1) is 11.4 Å². The van der Waals surface area contributed by atoms with Crippen molar-refractivity contribution in [2.45, 2.75) is 32.9 Å². The molecule has 1 atom stereocenters. The van der Waals surface area contributed by atoms with Gasteiger partial charge in [0, 0.05) is 12.7 Å². The molecule has 1 aromatic heterocycles. The van der Waals surface area contributed by atoms with Crippen LogP contribution >= 0.6 is 0 Å². The van der Waals surface area contributed by atoms with Gasteiger partial charge in [-0.2, -0.15) is 5.10 Å². The highest BCUT2D eigenvalue weighted by Crippen LogP contribution is 2.35. The average Bonchev–Trinajstić information content (AvgIpc) is 2.99. The number of carbonyl (C=O) groups excluding carboxylic acids is 3. The summed E-state index contributed by atoms with van der Waals surface area (Å²) in [6.45, 7) is 5.54. The number of nitrogens with zero attached hydrogens (tertiary/aromatic N) is 2. The largest absolute Gasteiger partial charge is 0.466 e. The molecule has 3 amide bonds. The molecule has 0 aliphatic carbocycles. The molecule has 0 saturated heterocycles. The Balaban J connectivity index is 1.90. The van der Waals surface area contributed by atoms with Crippen LogP contribution in [0.15, 0.2) is 24.4 Å². The smallest absolute Gasteiger partial charge is 0.278 e. The van der Waals surface area contributed by atoms with E-state index < -0.39 is 23.3 Å². The van der Waals surface area contributed by atoms with Gasteiger partial charge in [0.25, 0.3) is 23.3 Å². The van der Waals surface area contributed by atoms with Gasteiger partial charge >= 0.3 is 0 Å². The van der Waals surface area contributed by atoms with E-state index in [1.165, 1.54) is 17.8 Å². The quantitative estimate of drug-likeness (QED) is 0.704. The van der Waals surface area contributed by atoms with Crippen LogP contribution in [-0.4, -0.2) is 33.1 Å². The summed E-state index contributed by atoms with van der Waals surface area (Å²) >= 11 is 0. The van der Waals surface area contributed by atoms with Crippen molar-refractivity contribution in [2.75, 3.05) is 10.6 Å². The van der Waals surface area contributed by atoms with E-state index in [9.17, 15) is 14.4 Å². The topological polar surface area (TPSA) is 128 Å². The third-order valence-corrected chi connectivity index (χ3v) is 4.13. The fraction of sp³-hybridized carbons (Fsp3) is 0.294. The van der Waals surface area contributed by atoms with Gasteiger partial charge in [-0.05, 0) is 38.5 Å². The van der Waals surface area contributed by atoms with Crippen LogP contribution in [0.2, 0.25) is 0 Å². The molecule has 1 aliphatic rings. The molecular weight excluding hydrogens is 338 g/mol. The van der Waals surface area contributed by atoms with Crippen LogP contribution in [0.5, 0.6) is 5.75 Å². The van der Waals surface area contributed by atoms with Crippen LogP contribution in [0.1, 0.15) is 29.9 Å². The van der Waals surface area contributed by atoms with E-state index in [0.717, 1.165) is 5.56 Å². The zero-order chi connectivity index (χ0) is 19.1. The van der Waals surface area contributed by atoms with Gasteiger partial charge in [0.15, 0.2) is 5.69 Å². The lowest BCUT2D eigenvalue weighted by Gasteiger charge is -2.33. The number of nitrogens with one attached hydrogen (secondary N) is 2. The van der Waals surface area contributed by atoms with Crippen LogP contribution in [0, 0.1) is 6.92 Å². The molecule has 2 heterocycles. The number of aryl methyl sites for hydroxylation is 2. The summed E-state index contributed by atoms with van der Waals surface area (Å²) in [5.41, 5.74) is 4.96. The van der Waals surface area contributed by atoms with Crippen molar-refractivity contribution in [1.29, 1.82) is 0 Å². The van der Waals surface area contributed by atoms with Crippen molar-refractivity contribution >= 4 is 29.1 Å². The van der Waals surface area contributed by atoms with Crippen LogP contribution in [0.4, 0.5) is 11.4 Å². The van der Waals surface area contributed by atoms with Crippen molar-refractivity contribution in [3.05, 3.63) is 35.7 Å². The first-order valence-corrected chi connectivity index (χ1v) is 8.04. The summed E-state index contributed by atoms with van der Waals surface area (Å²) in [6, 6.07) is 5.24. The minimum atomic E-state index is -1.81. The van der Waals surface area contributed by atoms with E-state index >= 15 is 0 Å². The number of fused-ring (bicyclic) bond motifs is 1. The van der Waals surface area contributed by atoms with Crippen molar-refractivity contribution in [3.63, 3.8) is 0 Å². The van der Waals surface area contributed by atoms with Crippen LogP contribution in [0.25, 0.3) is 0 Å². The second-order valence-electron chi connectivity index (χ2n) is 6.15.